The van der Waals surface area contributed by atoms with Crippen molar-refractivity contribution in [1.82, 2.24) is 4.31 Å². The first kappa shape index (κ1) is 20.8. The van der Waals surface area contributed by atoms with Gasteiger partial charge in [0.05, 0.1) is 4.90 Å². The van der Waals surface area contributed by atoms with E-state index in [0.717, 1.165) is 24.0 Å². The number of piperidine rings is 1. The van der Waals surface area contributed by atoms with E-state index in [4.69, 9.17) is 11.6 Å². The maximum absolute atomic E-state index is 13.1. The van der Waals surface area contributed by atoms with Crippen LogP contribution in [0.15, 0.2) is 47.4 Å². The number of halogens is 1. The summed E-state index contributed by atoms with van der Waals surface area (Å²) >= 11 is 6.11. The van der Waals surface area contributed by atoms with E-state index in [0.29, 0.717) is 23.7 Å². The molecule has 0 spiro atoms. The number of aryl methyl sites for hydroxylation is 1. The van der Waals surface area contributed by atoms with Crippen molar-refractivity contribution < 1.29 is 13.2 Å². The highest BCUT2D eigenvalue weighted by molar-refractivity contribution is 7.89. The quantitative estimate of drug-likeness (QED) is 0.772. The Hall–Kier alpha value is -1.89. The average molecular weight is 421 g/mol. The number of carbonyl (C=O) groups excluding carboxylic acids is 1. The molecule has 1 heterocycles. The number of anilines is 1. The van der Waals surface area contributed by atoms with E-state index in [9.17, 15) is 13.2 Å². The van der Waals surface area contributed by atoms with Crippen LogP contribution in [-0.2, 0) is 14.8 Å². The Morgan fingerprint density at radius 3 is 2.57 bits per heavy atom. The van der Waals surface area contributed by atoms with Crippen LogP contribution in [0, 0.1) is 13.8 Å². The van der Waals surface area contributed by atoms with Crippen molar-refractivity contribution in [3.8, 4) is 0 Å². The van der Waals surface area contributed by atoms with Gasteiger partial charge in [-0.1, -0.05) is 41.8 Å². The number of hydrogen-bond donors (Lipinski definition) is 1. The summed E-state index contributed by atoms with van der Waals surface area (Å²) in [6.45, 7) is 4.19. The number of benzene rings is 2. The summed E-state index contributed by atoms with van der Waals surface area (Å²) in [5, 5.41) is 3.46. The molecule has 0 radical (unpaired) electrons. The van der Waals surface area contributed by atoms with Crippen molar-refractivity contribution in [2.24, 2.45) is 0 Å². The van der Waals surface area contributed by atoms with E-state index in [1.165, 1.54) is 4.31 Å². The highest BCUT2D eigenvalue weighted by Crippen LogP contribution is 2.28. The van der Waals surface area contributed by atoms with Gasteiger partial charge in [0.2, 0.25) is 15.9 Å². The van der Waals surface area contributed by atoms with Crippen LogP contribution < -0.4 is 5.32 Å². The molecule has 0 unspecified atom stereocenters. The highest BCUT2D eigenvalue weighted by atomic mass is 35.5. The number of amides is 1. The lowest BCUT2D eigenvalue weighted by Crippen LogP contribution is -2.45. The summed E-state index contributed by atoms with van der Waals surface area (Å²) in [6, 6.07) is 11.8. The minimum Gasteiger partial charge on any atom is -0.326 e. The van der Waals surface area contributed by atoms with E-state index >= 15 is 0 Å². The molecular formula is C21H25ClN2O3S. The second-order valence-corrected chi connectivity index (χ2v) is 9.54. The van der Waals surface area contributed by atoms with Gasteiger partial charge >= 0.3 is 0 Å². The van der Waals surface area contributed by atoms with Gasteiger partial charge in [-0.3, -0.25) is 4.79 Å². The van der Waals surface area contributed by atoms with Gasteiger partial charge in [0.1, 0.15) is 0 Å². The normalized spacial score (nSPS) is 18.0. The van der Waals surface area contributed by atoms with Gasteiger partial charge in [-0.25, -0.2) is 8.42 Å². The molecule has 28 heavy (non-hydrogen) atoms. The second kappa shape index (κ2) is 8.64. The molecule has 1 saturated heterocycles. The Balaban J connectivity index is 1.77. The fourth-order valence-corrected chi connectivity index (χ4v) is 5.37. The molecule has 1 N–H and O–H groups in total. The first-order chi connectivity index (χ1) is 13.3. The zero-order valence-electron chi connectivity index (χ0n) is 16.1. The molecule has 0 bridgehead atoms. The standard InChI is InChI=1S/C21H25ClN2O3S/c1-15-9-11-18(12-10-15)28(26,27)24-13-4-3-6-17(24)14-21(25)23-20-8-5-7-19(22)16(20)2/h5,7-12,17H,3-4,6,13-14H2,1-2H3,(H,23,25)/t17-/m1/s1. The third kappa shape index (κ3) is 4.57. The van der Waals surface area contributed by atoms with Gasteiger partial charge in [-0.2, -0.15) is 4.31 Å². The minimum absolute atomic E-state index is 0.122. The number of sulfonamides is 1. The predicted octanol–water partition coefficient (Wildman–Crippen LogP) is 4.53. The van der Waals surface area contributed by atoms with Gasteiger partial charge < -0.3 is 5.32 Å². The number of nitrogens with zero attached hydrogens (tertiary/aromatic N) is 1. The van der Waals surface area contributed by atoms with Crippen molar-refractivity contribution in [3.05, 3.63) is 58.6 Å². The molecule has 3 rings (SSSR count). The van der Waals surface area contributed by atoms with Crippen molar-refractivity contribution in [2.45, 2.75) is 50.5 Å². The van der Waals surface area contributed by atoms with Gasteiger partial charge in [0, 0.05) is 29.7 Å². The molecule has 2 aromatic carbocycles. The number of nitrogens with one attached hydrogen (secondary N) is 1. The second-order valence-electron chi connectivity index (χ2n) is 7.24. The van der Waals surface area contributed by atoms with E-state index in [2.05, 4.69) is 5.32 Å². The maximum Gasteiger partial charge on any atom is 0.243 e. The van der Waals surface area contributed by atoms with Crippen LogP contribution in [0.3, 0.4) is 0 Å². The van der Waals surface area contributed by atoms with Crippen LogP contribution in [0.4, 0.5) is 5.69 Å². The SMILES string of the molecule is Cc1ccc(S(=O)(=O)N2CCCC[C@@H]2CC(=O)Nc2cccc(Cl)c2C)cc1. The van der Waals surface area contributed by atoms with Crippen molar-refractivity contribution >= 4 is 33.2 Å². The molecular weight excluding hydrogens is 396 g/mol. The molecule has 150 valence electrons. The molecule has 2 aromatic rings. The van der Waals surface area contributed by atoms with Crippen molar-refractivity contribution in [3.63, 3.8) is 0 Å². The van der Waals surface area contributed by atoms with E-state index in [1.54, 1.807) is 42.5 Å². The fraction of sp³-hybridized carbons (Fsp3) is 0.381. The van der Waals surface area contributed by atoms with Gasteiger partial charge in [0.15, 0.2) is 0 Å². The van der Waals surface area contributed by atoms with E-state index < -0.39 is 10.0 Å². The first-order valence-electron chi connectivity index (χ1n) is 9.42. The summed E-state index contributed by atoms with van der Waals surface area (Å²) < 4.78 is 27.7. The summed E-state index contributed by atoms with van der Waals surface area (Å²) in [5.74, 6) is -0.207. The van der Waals surface area contributed by atoms with Crippen molar-refractivity contribution in [1.29, 1.82) is 0 Å². The summed E-state index contributed by atoms with van der Waals surface area (Å²) in [4.78, 5) is 12.9. The molecule has 0 aromatic heterocycles. The monoisotopic (exact) mass is 420 g/mol. The molecule has 0 aliphatic carbocycles. The molecule has 1 aliphatic rings. The molecule has 0 saturated carbocycles. The zero-order chi connectivity index (χ0) is 20.3. The summed E-state index contributed by atoms with van der Waals surface area (Å²) in [5.41, 5.74) is 2.46. The molecule has 1 aliphatic heterocycles. The minimum atomic E-state index is -3.63. The Morgan fingerprint density at radius 1 is 1.14 bits per heavy atom. The third-order valence-electron chi connectivity index (χ3n) is 5.16. The number of hydrogen-bond acceptors (Lipinski definition) is 3. The van der Waals surface area contributed by atoms with Gasteiger partial charge in [-0.15, -0.1) is 0 Å². The molecule has 1 fully saturated rings. The summed E-state index contributed by atoms with van der Waals surface area (Å²) in [7, 11) is -3.63. The van der Waals surface area contributed by atoms with E-state index in [1.807, 2.05) is 13.8 Å². The lowest BCUT2D eigenvalue weighted by Gasteiger charge is -2.34. The maximum atomic E-state index is 13.1. The molecule has 7 heteroatoms. The van der Waals surface area contributed by atoms with Gasteiger partial charge in [-0.05, 0) is 56.5 Å². The molecule has 1 atom stereocenters. The smallest absolute Gasteiger partial charge is 0.243 e. The van der Waals surface area contributed by atoms with Crippen LogP contribution in [0.2, 0.25) is 5.02 Å². The number of rotatable bonds is 5. The van der Waals surface area contributed by atoms with Gasteiger partial charge in [0.25, 0.3) is 0 Å². The van der Waals surface area contributed by atoms with Crippen LogP contribution in [0.1, 0.15) is 36.8 Å². The lowest BCUT2D eigenvalue weighted by atomic mass is 10.0. The average Bonchev–Trinajstić information content (AvgIpc) is 2.66. The Morgan fingerprint density at radius 2 is 1.86 bits per heavy atom. The predicted molar refractivity (Wildman–Crippen MR) is 112 cm³/mol. The molecule has 5 nitrogen and oxygen atoms in total. The third-order valence-corrected chi connectivity index (χ3v) is 7.54. The first-order valence-corrected chi connectivity index (χ1v) is 11.2. The Bertz CT molecular complexity index is 958. The fourth-order valence-electron chi connectivity index (χ4n) is 3.50. The van der Waals surface area contributed by atoms with Crippen LogP contribution >= 0.6 is 11.6 Å². The number of carbonyl (C=O) groups is 1. The Labute approximate surface area is 171 Å². The van der Waals surface area contributed by atoms with Crippen LogP contribution in [-0.4, -0.2) is 31.2 Å². The Kier molecular flexibility index (Phi) is 6.43. The van der Waals surface area contributed by atoms with E-state index in [-0.39, 0.29) is 23.3 Å². The lowest BCUT2D eigenvalue weighted by molar-refractivity contribution is -0.117. The van der Waals surface area contributed by atoms with Crippen LogP contribution in [0.25, 0.3) is 0 Å². The largest absolute Gasteiger partial charge is 0.326 e. The summed E-state index contributed by atoms with van der Waals surface area (Å²) in [6.07, 6.45) is 2.51. The van der Waals surface area contributed by atoms with Crippen LogP contribution in [0.5, 0.6) is 0 Å². The van der Waals surface area contributed by atoms with Crippen molar-refractivity contribution in [2.75, 3.05) is 11.9 Å². The molecule has 1 amide bonds. The highest BCUT2D eigenvalue weighted by Gasteiger charge is 2.34. The zero-order valence-corrected chi connectivity index (χ0v) is 17.7. The topological polar surface area (TPSA) is 66.5 Å².